The first-order valence-corrected chi connectivity index (χ1v) is 6.73. The summed E-state index contributed by atoms with van der Waals surface area (Å²) in [5.41, 5.74) is 0.922. The molecular weight excluding hydrogens is 228 g/mol. The van der Waals surface area contributed by atoms with Crippen LogP contribution in [0.15, 0.2) is 9.98 Å². The maximum Gasteiger partial charge on any atom is 0.257 e. The van der Waals surface area contributed by atoms with Gasteiger partial charge in [0, 0.05) is 31.9 Å². The van der Waals surface area contributed by atoms with Crippen LogP contribution in [0.25, 0.3) is 0 Å². The molecule has 1 fully saturated rings. The first-order chi connectivity index (χ1) is 8.61. The number of hydrogen-bond donors (Lipinski definition) is 0. The summed E-state index contributed by atoms with van der Waals surface area (Å²) in [6, 6.07) is 0. The van der Waals surface area contributed by atoms with Crippen LogP contribution in [-0.4, -0.2) is 60.6 Å². The average Bonchev–Trinajstić information content (AvgIpc) is 2.34. The molecule has 0 N–H and O–H groups in total. The lowest BCUT2D eigenvalue weighted by molar-refractivity contribution is -0.120. The van der Waals surface area contributed by atoms with Crippen molar-refractivity contribution in [2.75, 3.05) is 33.2 Å². The molecule has 2 aliphatic heterocycles. The van der Waals surface area contributed by atoms with Gasteiger partial charge < -0.3 is 9.80 Å². The molecule has 2 heterocycles. The summed E-state index contributed by atoms with van der Waals surface area (Å²) >= 11 is 0. The zero-order valence-electron chi connectivity index (χ0n) is 11.5. The number of carbonyl (C=O) groups is 1. The highest BCUT2D eigenvalue weighted by molar-refractivity contribution is 6.14. The first-order valence-electron chi connectivity index (χ1n) is 6.73. The molecule has 1 amide bonds. The van der Waals surface area contributed by atoms with Crippen LogP contribution in [0.5, 0.6) is 0 Å². The van der Waals surface area contributed by atoms with Crippen molar-refractivity contribution in [3.05, 3.63) is 0 Å². The van der Waals surface area contributed by atoms with Gasteiger partial charge in [-0.15, -0.1) is 0 Å². The fourth-order valence-corrected chi connectivity index (χ4v) is 2.38. The second-order valence-corrected chi connectivity index (χ2v) is 5.13. The molecule has 0 aromatic heterocycles. The van der Waals surface area contributed by atoms with Crippen molar-refractivity contribution in [2.24, 2.45) is 15.9 Å². The van der Waals surface area contributed by atoms with Crippen molar-refractivity contribution in [1.82, 2.24) is 9.80 Å². The van der Waals surface area contributed by atoms with Gasteiger partial charge in [0.2, 0.25) is 5.96 Å². The molecule has 1 saturated heterocycles. The Balaban J connectivity index is 2.07. The molecule has 1 unspecified atom stereocenters. The topological polar surface area (TPSA) is 48.3 Å². The van der Waals surface area contributed by atoms with Crippen LogP contribution in [0, 0.1) is 5.92 Å². The van der Waals surface area contributed by atoms with Crippen molar-refractivity contribution >= 4 is 17.6 Å². The molecule has 0 aromatic rings. The van der Waals surface area contributed by atoms with Gasteiger partial charge in [0.25, 0.3) is 5.91 Å². The van der Waals surface area contributed by atoms with E-state index < -0.39 is 0 Å². The van der Waals surface area contributed by atoms with Crippen molar-refractivity contribution in [1.29, 1.82) is 0 Å². The first kappa shape index (κ1) is 13.2. The number of rotatable bonds is 2. The predicted octanol–water partition coefficient (Wildman–Crippen LogP) is 1.01. The van der Waals surface area contributed by atoms with Crippen molar-refractivity contribution in [3.63, 3.8) is 0 Å². The minimum Gasteiger partial charge on any atom is -0.338 e. The number of amides is 1. The molecule has 0 bridgehead atoms. The van der Waals surface area contributed by atoms with Gasteiger partial charge in [0.05, 0.1) is 5.92 Å². The average molecular weight is 250 g/mol. The van der Waals surface area contributed by atoms with Gasteiger partial charge in [-0.25, -0.2) is 4.99 Å². The summed E-state index contributed by atoms with van der Waals surface area (Å²) < 4.78 is 0. The Morgan fingerprint density at radius 3 is 2.44 bits per heavy atom. The number of aliphatic imine (C=N–C) groups is 2. The van der Waals surface area contributed by atoms with Gasteiger partial charge in [0.15, 0.2) is 0 Å². The molecule has 2 rings (SSSR count). The molecule has 0 radical (unpaired) electrons. The number of likely N-dealkylation sites (N-methyl/N-ethyl adjacent to an activating group) is 1. The third-order valence-electron chi connectivity index (χ3n) is 3.65. The van der Waals surface area contributed by atoms with Gasteiger partial charge in [-0.2, -0.15) is 4.99 Å². The van der Waals surface area contributed by atoms with Crippen LogP contribution in [0.4, 0.5) is 0 Å². The predicted molar refractivity (Wildman–Crippen MR) is 73.0 cm³/mol. The molecule has 5 heteroatoms. The summed E-state index contributed by atoms with van der Waals surface area (Å²) in [5.74, 6) is 0.516. The summed E-state index contributed by atoms with van der Waals surface area (Å²) in [6.07, 6.45) is 1.84. The Bertz CT molecular complexity index is 380. The van der Waals surface area contributed by atoms with E-state index in [2.05, 4.69) is 33.8 Å². The Labute approximate surface area is 109 Å². The van der Waals surface area contributed by atoms with Gasteiger partial charge in [-0.1, -0.05) is 13.3 Å². The highest BCUT2D eigenvalue weighted by atomic mass is 16.1. The third-order valence-corrected chi connectivity index (χ3v) is 3.65. The van der Waals surface area contributed by atoms with Crippen molar-refractivity contribution in [2.45, 2.75) is 26.7 Å². The van der Waals surface area contributed by atoms with Crippen LogP contribution in [0.3, 0.4) is 0 Å². The summed E-state index contributed by atoms with van der Waals surface area (Å²) in [4.78, 5) is 25.1. The molecule has 0 aliphatic carbocycles. The Morgan fingerprint density at radius 1 is 1.22 bits per heavy atom. The fourth-order valence-electron chi connectivity index (χ4n) is 2.38. The normalized spacial score (nSPS) is 26.1. The molecule has 100 valence electrons. The standard InChI is InChI=1S/C13H22N4O/c1-4-5-11-10(2)14-13(15-12(11)18)17-8-6-16(3)7-9-17/h11H,4-9H2,1-3H3. The van der Waals surface area contributed by atoms with Crippen LogP contribution >= 0.6 is 0 Å². The Hall–Kier alpha value is -1.23. The van der Waals surface area contributed by atoms with E-state index in [0.717, 1.165) is 44.7 Å². The third kappa shape index (κ3) is 2.77. The smallest absolute Gasteiger partial charge is 0.257 e. The van der Waals surface area contributed by atoms with Gasteiger partial charge in [-0.3, -0.25) is 4.79 Å². The highest BCUT2D eigenvalue weighted by Crippen LogP contribution is 2.17. The van der Waals surface area contributed by atoms with E-state index in [9.17, 15) is 4.79 Å². The van der Waals surface area contributed by atoms with E-state index in [1.54, 1.807) is 0 Å². The molecule has 0 aromatic carbocycles. The molecule has 18 heavy (non-hydrogen) atoms. The lowest BCUT2D eigenvalue weighted by atomic mass is 9.97. The number of piperazine rings is 1. The van der Waals surface area contributed by atoms with Crippen molar-refractivity contribution in [3.8, 4) is 0 Å². The molecule has 0 spiro atoms. The second-order valence-electron chi connectivity index (χ2n) is 5.13. The van der Waals surface area contributed by atoms with Gasteiger partial charge in [0.1, 0.15) is 0 Å². The van der Waals surface area contributed by atoms with E-state index in [4.69, 9.17) is 0 Å². The number of hydrogen-bond acceptors (Lipinski definition) is 4. The second kappa shape index (κ2) is 5.61. The van der Waals surface area contributed by atoms with Crippen molar-refractivity contribution < 1.29 is 4.79 Å². The van der Waals surface area contributed by atoms with Gasteiger partial charge >= 0.3 is 0 Å². The lowest BCUT2D eigenvalue weighted by Gasteiger charge is -2.34. The minimum atomic E-state index is -0.0915. The zero-order chi connectivity index (χ0) is 13.1. The number of nitrogens with zero attached hydrogens (tertiary/aromatic N) is 4. The van der Waals surface area contributed by atoms with Crippen LogP contribution in [0.1, 0.15) is 26.7 Å². The largest absolute Gasteiger partial charge is 0.338 e. The Morgan fingerprint density at radius 2 is 1.89 bits per heavy atom. The molecular formula is C13H22N4O. The van der Waals surface area contributed by atoms with E-state index in [1.165, 1.54) is 0 Å². The summed E-state index contributed by atoms with van der Waals surface area (Å²) in [6.45, 7) is 7.83. The monoisotopic (exact) mass is 250 g/mol. The molecule has 1 atom stereocenters. The number of carbonyl (C=O) groups excluding carboxylic acids is 1. The maximum absolute atomic E-state index is 12.0. The maximum atomic E-state index is 12.0. The SMILES string of the molecule is CCCC1C(=O)N=C(N2CCN(C)CC2)N=C1C. The lowest BCUT2D eigenvalue weighted by Crippen LogP contribution is -2.48. The quantitative estimate of drug-likeness (QED) is 0.735. The molecule has 2 aliphatic rings. The summed E-state index contributed by atoms with van der Waals surface area (Å²) in [7, 11) is 2.11. The van der Waals surface area contributed by atoms with Crippen LogP contribution in [-0.2, 0) is 4.79 Å². The highest BCUT2D eigenvalue weighted by Gasteiger charge is 2.28. The minimum absolute atomic E-state index is 0.0155. The molecule has 0 saturated carbocycles. The summed E-state index contributed by atoms with van der Waals surface area (Å²) in [5, 5.41) is 0. The molecule has 5 nitrogen and oxygen atoms in total. The van der Waals surface area contributed by atoms with Gasteiger partial charge in [-0.05, 0) is 20.4 Å². The zero-order valence-corrected chi connectivity index (χ0v) is 11.5. The number of guanidine groups is 1. The van der Waals surface area contributed by atoms with E-state index in [-0.39, 0.29) is 11.8 Å². The fraction of sp³-hybridized carbons (Fsp3) is 0.769. The van der Waals surface area contributed by atoms with Crippen LogP contribution in [0.2, 0.25) is 0 Å². The Kier molecular flexibility index (Phi) is 4.11. The van der Waals surface area contributed by atoms with Crippen LogP contribution < -0.4 is 0 Å². The van der Waals surface area contributed by atoms with E-state index in [0.29, 0.717) is 5.96 Å². The van der Waals surface area contributed by atoms with E-state index in [1.807, 2.05) is 6.92 Å². The van der Waals surface area contributed by atoms with E-state index >= 15 is 0 Å².